The van der Waals surface area contributed by atoms with Crippen LogP contribution in [0.3, 0.4) is 0 Å². The number of aromatic amines is 1. The summed E-state index contributed by atoms with van der Waals surface area (Å²) >= 11 is 0. The van der Waals surface area contributed by atoms with Crippen molar-refractivity contribution in [2.75, 3.05) is 40.3 Å². The highest BCUT2D eigenvalue weighted by Gasteiger charge is 2.25. The molecule has 0 radical (unpaired) electrons. The zero-order valence-corrected chi connectivity index (χ0v) is 21.9. The molecule has 1 fully saturated rings. The number of likely N-dealkylation sites (tertiary alicyclic amines) is 1. The van der Waals surface area contributed by atoms with Gasteiger partial charge in [-0.2, -0.15) is 9.61 Å². The molecule has 0 unspecified atom stereocenters. The van der Waals surface area contributed by atoms with Gasteiger partial charge in [-0.1, -0.05) is 19.9 Å². The fraction of sp³-hybridized carbons (Fsp3) is 0.464. The van der Waals surface area contributed by atoms with E-state index in [0.717, 1.165) is 48.4 Å². The number of piperidine rings is 1. The van der Waals surface area contributed by atoms with Crippen LogP contribution in [0.25, 0.3) is 27.8 Å². The highest BCUT2D eigenvalue weighted by molar-refractivity contribution is 5.92. The van der Waals surface area contributed by atoms with Crippen molar-refractivity contribution in [3.05, 3.63) is 47.8 Å². The zero-order chi connectivity index (χ0) is 25.4. The lowest BCUT2D eigenvalue weighted by Crippen LogP contribution is -2.42. The Labute approximate surface area is 212 Å². The summed E-state index contributed by atoms with van der Waals surface area (Å²) in [6.07, 6.45) is 3.56. The van der Waals surface area contributed by atoms with Crippen LogP contribution in [0.1, 0.15) is 56.6 Å². The molecule has 36 heavy (non-hydrogen) atoms. The molecule has 0 aliphatic carbocycles. The van der Waals surface area contributed by atoms with Crippen LogP contribution in [0.15, 0.2) is 36.7 Å². The third-order valence-electron chi connectivity index (χ3n) is 7.14. The summed E-state index contributed by atoms with van der Waals surface area (Å²) in [6, 6.07) is 10.9. The third-order valence-corrected chi connectivity index (χ3v) is 7.14. The number of rotatable bonds is 7. The molecule has 1 saturated heterocycles. The van der Waals surface area contributed by atoms with Crippen LogP contribution in [-0.4, -0.2) is 75.6 Å². The molecule has 0 spiro atoms. The van der Waals surface area contributed by atoms with Crippen LogP contribution in [-0.2, 0) is 4.79 Å². The number of benzene rings is 1. The third kappa shape index (κ3) is 4.57. The van der Waals surface area contributed by atoms with E-state index in [1.165, 1.54) is 16.5 Å². The average molecular weight is 489 g/mol. The van der Waals surface area contributed by atoms with Gasteiger partial charge in [0.2, 0.25) is 11.8 Å². The van der Waals surface area contributed by atoms with Crippen molar-refractivity contribution in [2.24, 2.45) is 0 Å². The molecule has 4 heterocycles. The SMILES string of the molecule is CCOc1cc(-c2[nH]c3ccc(C4CCN(C(=O)CN(C)C)CC4)cc3c2C(C)C)cc2ncnn12. The fourth-order valence-electron chi connectivity index (χ4n) is 5.43. The average Bonchev–Trinajstić information content (AvgIpc) is 3.48. The topological polar surface area (TPSA) is 78.8 Å². The van der Waals surface area contributed by atoms with Gasteiger partial charge < -0.3 is 19.5 Å². The lowest BCUT2D eigenvalue weighted by Gasteiger charge is -2.33. The van der Waals surface area contributed by atoms with Crippen LogP contribution in [0, 0.1) is 0 Å². The van der Waals surface area contributed by atoms with Gasteiger partial charge in [0.25, 0.3) is 0 Å². The molecule has 8 nitrogen and oxygen atoms in total. The smallest absolute Gasteiger partial charge is 0.236 e. The van der Waals surface area contributed by atoms with Gasteiger partial charge in [0, 0.05) is 35.6 Å². The molecule has 1 aliphatic rings. The Kier molecular flexibility index (Phi) is 6.71. The van der Waals surface area contributed by atoms with Crippen molar-refractivity contribution in [1.82, 2.24) is 29.4 Å². The van der Waals surface area contributed by atoms with Crippen LogP contribution in [0.4, 0.5) is 0 Å². The highest BCUT2D eigenvalue weighted by atomic mass is 16.5. The number of nitrogens with zero attached hydrogens (tertiary/aromatic N) is 5. The van der Waals surface area contributed by atoms with E-state index in [9.17, 15) is 4.79 Å². The molecule has 0 atom stereocenters. The second-order valence-corrected chi connectivity index (χ2v) is 10.3. The van der Waals surface area contributed by atoms with Gasteiger partial charge in [0.05, 0.1) is 18.8 Å². The molecule has 0 saturated carbocycles. The van der Waals surface area contributed by atoms with E-state index in [2.05, 4.69) is 53.2 Å². The molecule has 8 heteroatoms. The summed E-state index contributed by atoms with van der Waals surface area (Å²) in [4.78, 5) is 24.5. The number of aromatic nitrogens is 4. The van der Waals surface area contributed by atoms with E-state index in [0.29, 0.717) is 30.9 Å². The lowest BCUT2D eigenvalue weighted by atomic mass is 9.87. The second kappa shape index (κ2) is 9.93. The number of nitrogens with one attached hydrogen (secondary N) is 1. The minimum Gasteiger partial charge on any atom is -0.478 e. The van der Waals surface area contributed by atoms with E-state index >= 15 is 0 Å². The number of hydrogen-bond donors (Lipinski definition) is 1. The Morgan fingerprint density at radius 2 is 1.97 bits per heavy atom. The van der Waals surface area contributed by atoms with Crippen LogP contribution < -0.4 is 4.74 Å². The van der Waals surface area contributed by atoms with Gasteiger partial charge in [-0.05, 0) is 75.0 Å². The largest absolute Gasteiger partial charge is 0.478 e. The van der Waals surface area contributed by atoms with E-state index in [1.807, 2.05) is 36.9 Å². The van der Waals surface area contributed by atoms with Crippen molar-refractivity contribution in [3.63, 3.8) is 0 Å². The molecule has 1 N–H and O–H groups in total. The van der Waals surface area contributed by atoms with E-state index < -0.39 is 0 Å². The Morgan fingerprint density at radius 3 is 2.67 bits per heavy atom. The fourth-order valence-corrected chi connectivity index (χ4v) is 5.43. The number of carbonyl (C=O) groups excluding carboxylic acids is 1. The maximum atomic E-state index is 12.5. The van der Waals surface area contributed by atoms with Crippen molar-refractivity contribution in [2.45, 2.75) is 45.4 Å². The first-order chi connectivity index (χ1) is 17.4. The van der Waals surface area contributed by atoms with Gasteiger partial charge >= 0.3 is 0 Å². The predicted molar refractivity (Wildman–Crippen MR) is 143 cm³/mol. The number of ether oxygens (including phenoxy) is 1. The molecular formula is C28H36N6O2. The number of carbonyl (C=O) groups is 1. The maximum absolute atomic E-state index is 12.5. The molecule has 1 aliphatic heterocycles. The molecule has 1 aromatic carbocycles. The Hall–Kier alpha value is -3.39. The van der Waals surface area contributed by atoms with E-state index in [-0.39, 0.29) is 5.91 Å². The Bertz CT molecular complexity index is 1380. The minimum absolute atomic E-state index is 0.224. The summed E-state index contributed by atoms with van der Waals surface area (Å²) in [7, 11) is 3.89. The summed E-state index contributed by atoms with van der Waals surface area (Å²) < 4.78 is 7.61. The van der Waals surface area contributed by atoms with Gasteiger partial charge in [-0.25, -0.2) is 4.98 Å². The first kappa shape index (κ1) is 24.3. The minimum atomic E-state index is 0.224. The monoisotopic (exact) mass is 488 g/mol. The van der Waals surface area contributed by atoms with Crippen LogP contribution in [0.2, 0.25) is 0 Å². The molecule has 3 aromatic heterocycles. The summed E-state index contributed by atoms with van der Waals surface area (Å²) in [5.41, 5.74) is 6.71. The number of H-pyrrole nitrogens is 1. The molecule has 0 bridgehead atoms. The van der Waals surface area contributed by atoms with Gasteiger partial charge in [-0.3, -0.25) is 4.79 Å². The number of pyridine rings is 1. The Morgan fingerprint density at radius 1 is 1.19 bits per heavy atom. The molecule has 1 amide bonds. The quantitative estimate of drug-likeness (QED) is 0.409. The Balaban J connectivity index is 1.48. The summed E-state index contributed by atoms with van der Waals surface area (Å²) in [5.74, 6) is 1.71. The van der Waals surface area contributed by atoms with Crippen molar-refractivity contribution in [3.8, 4) is 17.1 Å². The first-order valence-electron chi connectivity index (χ1n) is 12.9. The molecule has 190 valence electrons. The summed E-state index contributed by atoms with van der Waals surface area (Å²) in [5, 5.41) is 5.58. The molecular weight excluding hydrogens is 452 g/mol. The molecule has 5 rings (SSSR count). The van der Waals surface area contributed by atoms with Crippen molar-refractivity contribution in [1.29, 1.82) is 0 Å². The van der Waals surface area contributed by atoms with E-state index in [4.69, 9.17) is 4.74 Å². The van der Waals surface area contributed by atoms with Gasteiger partial charge in [0.15, 0.2) is 5.65 Å². The second-order valence-electron chi connectivity index (χ2n) is 10.3. The zero-order valence-electron chi connectivity index (χ0n) is 21.9. The van der Waals surface area contributed by atoms with E-state index in [1.54, 1.807) is 10.8 Å². The van der Waals surface area contributed by atoms with Crippen molar-refractivity contribution < 1.29 is 9.53 Å². The number of fused-ring (bicyclic) bond motifs is 2. The van der Waals surface area contributed by atoms with Crippen molar-refractivity contribution >= 4 is 22.5 Å². The normalized spacial score (nSPS) is 15.0. The highest BCUT2D eigenvalue weighted by Crippen LogP contribution is 2.39. The number of amides is 1. The maximum Gasteiger partial charge on any atom is 0.236 e. The number of hydrogen-bond acceptors (Lipinski definition) is 5. The first-order valence-corrected chi connectivity index (χ1v) is 12.9. The van der Waals surface area contributed by atoms with Crippen LogP contribution >= 0.6 is 0 Å². The number of likely N-dealkylation sites (N-methyl/N-ethyl adjacent to an activating group) is 1. The van der Waals surface area contributed by atoms with Gasteiger partial charge in [-0.15, -0.1) is 0 Å². The van der Waals surface area contributed by atoms with Crippen LogP contribution in [0.5, 0.6) is 5.88 Å². The van der Waals surface area contributed by atoms with Gasteiger partial charge in [0.1, 0.15) is 6.33 Å². The molecule has 4 aromatic rings. The predicted octanol–water partition coefficient (Wildman–Crippen LogP) is 4.67. The lowest BCUT2D eigenvalue weighted by molar-refractivity contribution is -0.132. The summed E-state index contributed by atoms with van der Waals surface area (Å²) in [6.45, 7) is 9.14. The standard InChI is InChI=1S/C28H36N6O2/c1-6-36-26-15-21(14-24-29-17-30-34(24)26)28-27(18(2)3)22-13-20(7-8-23(22)31-28)19-9-11-33(12-10-19)25(35)16-32(4)5/h7-8,13-15,17-19,31H,6,9-12,16H2,1-5H3.